The summed E-state index contributed by atoms with van der Waals surface area (Å²) < 4.78 is 0. The molecule has 1 aromatic rings. The molecule has 2 unspecified atom stereocenters. The van der Waals surface area contributed by atoms with Crippen LogP contribution in [0.4, 0.5) is 0 Å². The zero-order chi connectivity index (χ0) is 12.3. The lowest BCUT2D eigenvalue weighted by Gasteiger charge is -2.20. The van der Waals surface area contributed by atoms with Crippen molar-refractivity contribution in [3.8, 4) is 0 Å². The smallest absolute Gasteiger partial charge is 0.0288 e. The average Bonchev–Trinajstić information content (AvgIpc) is 2.26. The van der Waals surface area contributed by atoms with E-state index in [4.69, 9.17) is 11.5 Å². The van der Waals surface area contributed by atoms with E-state index in [9.17, 15) is 0 Å². The quantitative estimate of drug-likeness (QED) is 0.813. The van der Waals surface area contributed by atoms with Gasteiger partial charge in [0.2, 0.25) is 0 Å². The molecule has 0 fully saturated rings. The maximum absolute atomic E-state index is 6.07. The third-order valence-electron chi connectivity index (χ3n) is 2.56. The minimum absolute atomic E-state index is 0.0450. The van der Waals surface area contributed by atoms with Gasteiger partial charge in [0.1, 0.15) is 0 Å². The van der Waals surface area contributed by atoms with Crippen molar-refractivity contribution in [2.75, 3.05) is 12.5 Å². The second kappa shape index (κ2) is 5.96. The summed E-state index contributed by atoms with van der Waals surface area (Å²) in [6, 6.07) is 4.34. The van der Waals surface area contributed by atoms with Crippen molar-refractivity contribution in [3.05, 3.63) is 23.3 Å². The highest BCUT2D eigenvalue weighted by Gasteiger charge is 2.17. The number of nitrogens with two attached hydrogens (primary N) is 2. The summed E-state index contributed by atoms with van der Waals surface area (Å²) >= 11 is 3.47. The van der Waals surface area contributed by atoms with Crippen molar-refractivity contribution >= 4 is 23.5 Å². The molecule has 90 valence electrons. The molecule has 16 heavy (non-hydrogen) atoms. The number of hydrogen-bond donors (Lipinski definition) is 2. The van der Waals surface area contributed by atoms with E-state index in [-0.39, 0.29) is 12.1 Å². The molecule has 0 aliphatic rings. The van der Waals surface area contributed by atoms with Crippen molar-refractivity contribution in [1.29, 1.82) is 0 Å². The van der Waals surface area contributed by atoms with E-state index in [0.717, 1.165) is 0 Å². The monoisotopic (exact) mass is 256 g/mol. The fourth-order valence-electron chi connectivity index (χ4n) is 1.79. The lowest BCUT2D eigenvalue weighted by Crippen LogP contribution is -2.13. The third-order valence-corrected chi connectivity index (χ3v) is 4.22. The van der Waals surface area contributed by atoms with E-state index in [1.165, 1.54) is 20.9 Å². The van der Waals surface area contributed by atoms with Gasteiger partial charge in [-0.25, -0.2) is 0 Å². The Morgan fingerprint density at radius 2 is 1.62 bits per heavy atom. The van der Waals surface area contributed by atoms with Gasteiger partial charge in [0.15, 0.2) is 0 Å². The molecule has 2 nitrogen and oxygen atoms in total. The van der Waals surface area contributed by atoms with Crippen LogP contribution in [0.2, 0.25) is 0 Å². The minimum atomic E-state index is 0.0450. The molecule has 0 bridgehead atoms. The van der Waals surface area contributed by atoms with Gasteiger partial charge >= 0.3 is 0 Å². The third kappa shape index (κ3) is 2.74. The number of hydrogen-bond acceptors (Lipinski definition) is 4. The second-order valence-electron chi connectivity index (χ2n) is 3.88. The fraction of sp³-hybridized carbons (Fsp3) is 0.500. The van der Waals surface area contributed by atoms with Crippen LogP contribution >= 0.6 is 23.5 Å². The summed E-state index contributed by atoms with van der Waals surface area (Å²) in [4.78, 5) is 2.50. The van der Waals surface area contributed by atoms with Crippen molar-refractivity contribution < 1.29 is 0 Å². The first-order valence-electron chi connectivity index (χ1n) is 5.28. The van der Waals surface area contributed by atoms with Gasteiger partial charge < -0.3 is 11.5 Å². The van der Waals surface area contributed by atoms with Crippen molar-refractivity contribution in [2.24, 2.45) is 11.5 Å². The van der Waals surface area contributed by atoms with Crippen LogP contribution in [0.25, 0.3) is 0 Å². The Balaban J connectivity index is 3.43. The van der Waals surface area contributed by atoms with Crippen molar-refractivity contribution in [1.82, 2.24) is 0 Å². The molecule has 1 aromatic carbocycles. The van der Waals surface area contributed by atoms with Crippen LogP contribution < -0.4 is 11.5 Å². The first-order chi connectivity index (χ1) is 7.52. The van der Waals surface area contributed by atoms with Crippen LogP contribution in [0.15, 0.2) is 21.9 Å². The largest absolute Gasteiger partial charge is 0.324 e. The Labute approximate surface area is 107 Å². The van der Waals surface area contributed by atoms with Crippen LogP contribution in [0.3, 0.4) is 0 Å². The van der Waals surface area contributed by atoms with Gasteiger partial charge in [-0.2, -0.15) is 0 Å². The fourth-order valence-corrected chi connectivity index (χ4v) is 3.58. The Morgan fingerprint density at radius 1 is 1.00 bits per heavy atom. The molecule has 0 radical (unpaired) electrons. The molecule has 0 aliphatic carbocycles. The zero-order valence-electron chi connectivity index (χ0n) is 10.3. The van der Waals surface area contributed by atoms with Crippen LogP contribution in [-0.2, 0) is 0 Å². The summed E-state index contributed by atoms with van der Waals surface area (Å²) in [7, 11) is 0. The van der Waals surface area contributed by atoms with E-state index in [2.05, 4.69) is 24.6 Å². The van der Waals surface area contributed by atoms with E-state index in [0.29, 0.717) is 0 Å². The molecule has 1 rings (SSSR count). The number of rotatable bonds is 4. The van der Waals surface area contributed by atoms with E-state index < -0.39 is 0 Å². The van der Waals surface area contributed by atoms with E-state index in [1.54, 1.807) is 23.5 Å². The molecule has 0 heterocycles. The highest BCUT2D eigenvalue weighted by Crippen LogP contribution is 2.37. The topological polar surface area (TPSA) is 52.0 Å². The van der Waals surface area contributed by atoms with E-state index in [1.807, 2.05) is 13.8 Å². The van der Waals surface area contributed by atoms with Gasteiger partial charge in [-0.1, -0.05) is 6.07 Å². The van der Waals surface area contributed by atoms with Gasteiger partial charge in [0.25, 0.3) is 0 Å². The highest BCUT2D eigenvalue weighted by molar-refractivity contribution is 7.99. The normalized spacial score (nSPS) is 14.9. The number of benzene rings is 1. The molecule has 0 aliphatic heterocycles. The second-order valence-corrected chi connectivity index (χ2v) is 5.55. The first-order valence-corrected chi connectivity index (χ1v) is 7.73. The Morgan fingerprint density at radius 3 is 2.00 bits per heavy atom. The summed E-state index contributed by atoms with van der Waals surface area (Å²) in [5, 5.41) is 0. The van der Waals surface area contributed by atoms with Gasteiger partial charge in [0, 0.05) is 21.9 Å². The molecular weight excluding hydrogens is 236 g/mol. The van der Waals surface area contributed by atoms with E-state index >= 15 is 0 Å². The molecule has 4 N–H and O–H groups in total. The predicted octanol–water partition coefficient (Wildman–Crippen LogP) is 3.17. The summed E-state index contributed by atoms with van der Waals surface area (Å²) in [6.45, 7) is 4.04. The Kier molecular flexibility index (Phi) is 5.18. The lowest BCUT2D eigenvalue weighted by molar-refractivity contribution is 0.737. The van der Waals surface area contributed by atoms with Gasteiger partial charge in [-0.3, -0.25) is 0 Å². The maximum Gasteiger partial charge on any atom is 0.0288 e. The average molecular weight is 256 g/mol. The minimum Gasteiger partial charge on any atom is -0.324 e. The van der Waals surface area contributed by atoms with Crippen molar-refractivity contribution in [3.63, 3.8) is 0 Å². The Hall–Kier alpha value is -0.160. The van der Waals surface area contributed by atoms with Gasteiger partial charge in [-0.05, 0) is 43.6 Å². The molecule has 0 saturated heterocycles. The van der Waals surface area contributed by atoms with Crippen LogP contribution in [0, 0.1) is 0 Å². The summed E-state index contributed by atoms with van der Waals surface area (Å²) in [5.74, 6) is 0. The SMILES string of the molecule is CSc1ccc(C(C)N)c(SC)c1C(C)N. The molecule has 4 heteroatoms. The molecule has 0 amide bonds. The number of thioether (sulfide) groups is 2. The van der Waals surface area contributed by atoms with Crippen molar-refractivity contribution in [2.45, 2.75) is 35.7 Å². The van der Waals surface area contributed by atoms with Crippen LogP contribution in [0.1, 0.15) is 37.1 Å². The molecular formula is C12H20N2S2. The highest BCUT2D eigenvalue weighted by atomic mass is 32.2. The van der Waals surface area contributed by atoms with Crippen LogP contribution in [0.5, 0.6) is 0 Å². The lowest BCUT2D eigenvalue weighted by atomic mass is 10.0. The first kappa shape index (κ1) is 13.9. The van der Waals surface area contributed by atoms with Gasteiger partial charge in [0.05, 0.1) is 0 Å². The molecule has 2 atom stereocenters. The molecule has 0 aromatic heterocycles. The predicted molar refractivity (Wildman–Crippen MR) is 75.2 cm³/mol. The Bertz CT molecular complexity index is 362. The molecule has 0 saturated carbocycles. The molecule has 0 spiro atoms. The summed E-state index contributed by atoms with van der Waals surface area (Å²) in [5.41, 5.74) is 14.5. The van der Waals surface area contributed by atoms with Crippen LogP contribution in [-0.4, -0.2) is 12.5 Å². The maximum atomic E-state index is 6.07. The standard InChI is InChI=1S/C12H20N2S2/c1-7(13)9-5-6-10(15-3)11(8(2)14)12(9)16-4/h5-8H,13-14H2,1-4H3. The zero-order valence-corrected chi connectivity index (χ0v) is 11.9. The van der Waals surface area contributed by atoms with Gasteiger partial charge in [-0.15, -0.1) is 23.5 Å². The summed E-state index contributed by atoms with van der Waals surface area (Å²) in [6.07, 6.45) is 4.16.